The molecule has 6 nitrogen and oxygen atoms in total. The number of hydrogen-bond acceptors (Lipinski definition) is 5. The predicted molar refractivity (Wildman–Crippen MR) is 103 cm³/mol. The van der Waals surface area contributed by atoms with Gasteiger partial charge < -0.3 is 10.2 Å². The zero-order chi connectivity index (χ0) is 18.8. The Hall–Kier alpha value is -3.72. The molecule has 2 aromatic carbocycles. The van der Waals surface area contributed by atoms with E-state index in [-0.39, 0.29) is 17.6 Å². The zero-order valence-electron chi connectivity index (χ0n) is 14.8. The van der Waals surface area contributed by atoms with Gasteiger partial charge in [-0.3, -0.25) is 4.79 Å². The molecule has 0 radical (unpaired) electrons. The highest BCUT2D eigenvalue weighted by molar-refractivity contribution is 6.02. The minimum Gasteiger partial charge on any atom is -0.322 e. The van der Waals surface area contributed by atoms with Crippen molar-refractivity contribution in [2.45, 2.75) is 19.4 Å². The number of rotatable bonds is 3. The van der Waals surface area contributed by atoms with Crippen molar-refractivity contribution < 1.29 is 4.79 Å². The third kappa shape index (κ3) is 3.23. The van der Waals surface area contributed by atoms with Crippen LogP contribution in [0.15, 0.2) is 60.9 Å². The molecule has 4 rings (SSSR count). The topological polar surface area (TPSA) is 81.9 Å². The van der Waals surface area contributed by atoms with Gasteiger partial charge in [-0.25, -0.2) is 9.97 Å². The molecule has 1 amide bonds. The number of hydrogen-bond donors (Lipinski definition) is 1. The van der Waals surface area contributed by atoms with Crippen LogP contribution in [0.2, 0.25) is 0 Å². The smallest absolute Gasteiger partial charge is 0.275 e. The Morgan fingerprint density at radius 3 is 2.63 bits per heavy atom. The van der Waals surface area contributed by atoms with E-state index in [0.717, 1.165) is 17.9 Å². The first-order chi connectivity index (χ1) is 13.2. The van der Waals surface area contributed by atoms with Gasteiger partial charge in [-0.2, -0.15) is 5.26 Å². The number of nitriles is 1. The minimum atomic E-state index is -0.339. The lowest BCUT2D eigenvalue weighted by molar-refractivity contribution is 0.102. The van der Waals surface area contributed by atoms with E-state index >= 15 is 0 Å². The quantitative estimate of drug-likeness (QED) is 0.775. The minimum absolute atomic E-state index is 0.239. The molecule has 1 aliphatic rings. The van der Waals surface area contributed by atoms with Crippen LogP contribution >= 0.6 is 0 Å². The van der Waals surface area contributed by atoms with Gasteiger partial charge in [-0.05, 0) is 49.2 Å². The third-order valence-electron chi connectivity index (χ3n) is 4.60. The Morgan fingerprint density at radius 2 is 1.93 bits per heavy atom. The molecule has 1 aromatic heterocycles. The molecular weight excluding hydrogens is 338 g/mol. The Morgan fingerprint density at radius 1 is 1.15 bits per heavy atom. The summed E-state index contributed by atoms with van der Waals surface area (Å²) in [6, 6.07) is 17.2. The van der Waals surface area contributed by atoms with Gasteiger partial charge in [0.05, 0.1) is 24.0 Å². The average Bonchev–Trinajstić information content (AvgIpc) is 3.04. The summed E-state index contributed by atoms with van der Waals surface area (Å²) in [7, 11) is 0. The van der Waals surface area contributed by atoms with Crippen LogP contribution < -0.4 is 10.2 Å². The van der Waals surface area contributed by atoms with Gasteiger partial charge in [0.25, 0.3) is 5.91 Å². The molecule has 0 saturated heterocycles. The summed E-state index contributed by atoms with van der Waals surface area (Å²) >= 11 is 0. The molecular formula is C21H17N5O. The molecule has 0 aliphatic carbocycles. The molecule has 0 spiro atoms. The van der Waals surface area contributed by atoms with Crippen molar-refractivity contribution in [2.75, 3.05) is 10.2 Å². The van der Waals surface area contributed by atoms with Crippen molar-refractivity contribution in [3.8, 4) is 6.07 Å². The van der Waals surface area contributed by atoms with Gasteiger partial charge in [-0.1, -0.05) is 18.2 Å². The maximum Gasteiger partial charge on any atom is 0.275 e. The van der Waals surface area contributed by atoms with Crippen molar-refractivity contribution in [2.24, 2.45) is 0 Å². The molecule has 6 heteroatoms. The third-order valence-corrected chi connectivity index (χ3v) is 4.60. The number of para-hydroxylation sites is 1. The molecule has 2 heterocycles. The fourth-order valence-electron chi connectivity index (χ4n) is 3.30. The Bertz CT molecular complexity index is 1020. The summed E-state index contributed by atoms with van der Waals surface area (Å²) in [5, 5.41) is 11.6. The van der Waals surface area contributed by atoms with Crippen molar-refractivity contribution in [1.29, 1.82) is 5.26 Å². The normalized spacial score (nSPS) is 15.1. The van der Waals surface area contributed by atoms with E-state index in [4.69, 9.17) is 5.26 Å². The summed E-state index contributed by atoms with van der Waals surface area (Å²) in [5.74, 6) is 0.385. The highest BCUT2D eigenvalue weighted by atomic mass is 16.1. The van der Waals surface area contributed by atoms with Crippen molar-refractivity contribution in [3.63, 3.8) is 0 Å². The van der Waals surface area contributed by atoms with Crippen LogP contribution in [0.1, 0.15) is 28.5 Å². The van der Waals surface area contributed by atoms with Crippen LogP contribution in [0.5, 0.6) is 0 Å². The Balaban J connectivity index is 1.52. The van der Waals surface area contributed by atoms with E-state index in [9.17, 15) is 4.79 Å². The van der Waals surface area contributed by atoms with Crippen LogP contribution in [0.4, 0.5) is 17.2 Å². The number of anilines is 3. The fraction of sp³-hybridized carbons (Fsp3) is 0.143. The first kappa shape index (κ1) is 16.7. The Labute approximate surface area is 157 Å². The van der Waals surface area contributed by atoms with Gasteiger partial charge in [0, 0.05) is 17.4 Å². The molecule has 1 atom stereocenters. The van der Waals surface area contributed by atoms with E-state index in [0.29, 0.717) is 11.3 Å². The number of aromatic nitrogens is 2. The summed E-state index contributed by atoms with van der Waals surface area (Å²) in [5.41, 5.74) is 3.80. The molecule has 132 valence electrons. The van der Waals surface area contributed by atoms with E-state index in [1.807, 2.05) is 18.2 Å². The molecule has 0 bridgehead atoms. The SMILES string of the molecule is CC1Cc2ccccc2N1c1cnc(C(=O)Nc2ccc(C#N)cc2)cn1. The molecule has 1 aliphatic heterocycles. The van der Waals surface area contributed by atoms with Gasteiger partial charge in [0.1, 0.15) is 5.69 Å². The molecule has 0 saturated carbocycles. The summed E-state index contributed by atoms with van der Waals surface area (Å²) in [4.78, 5) is 23.3. The van der Waals surface area contributed by atoms with Gasteiger partial charge in [0.15, 0.2) is 5.82 Å². The number of carbonyl (C=O) groups excluding carboxylic acids is 1. The molecule has 27 heavy (non-hydrogen) atoms. The van der Waals surface area contributed by atoms with Gasteiger partial charge in [-0.15, -0.1) is 0 Å². The monoisotopic (exact) mass is 355 g/mol. The second-order valence-corrected chi connectivity index (χ2v) is 6.45. The van der Waals surface area contributed by atoms with Crippen LogP contribution in [-0.2, 0) is 6.42 Å². The average molecular weight is 355 g/mol. The summed E-state index contributed by atoms with van der Waals surface area (Å²) in [6.45, 7) is 2.15. The predicted octanol–water partition coefficient (Wildman–Crippen LogP) is 3.68. The highest BCUT2D eigenvalue weighted by Gasteiger charge is 2.27. The number of amides is 1. The van der Waals surface area contributed by atoms with Gasteiger partial charge >= 0.3 is 0 Å². The maximum absolute atomic E-state index is 12.4. The largest absolute Gasteiger partial charge is 0.322 e. The maximum atomic E-state index is 12.4. The zero-order valence-corrected chi connectivity index (χ0v) is 14.8. The second kappa shape index (κ2) is 6.89. The lowest BCUT2D eigenvalue weighted by Gasteiger charge is -2.23. The van der Waals surface area contributed by atoms with E-state index < -0.39 is 0 Å². The summed E-state index contributed by atoms with van der Waals surface area (Å²) in [6.07, 6.45) is 4.08. The molecule has 1 N–H and O–H groups in total. The number of nitrogens with zero attached hydrogens (tertiary/aromatic N) is 4. The van der Waals surface area contributed by atoms with Crippen molar-refractivity contribution in [3.05, 3.63) is 77.7 Å². The first-order valence-corrected chi connectivity index (χ1v) is 8.66. The summed E-state index contributed by atoms with van der Waals surface area (Å²) < 4.78 is 0. The van der Waals surface area contributed by atoms with E-state index in [1.54, 1.807) is 30.5 Å². The number of benzene rings is 2. The van der Waals surface area contributed by atoms with Crippen LogP contribution in [0.3, 0.4) is 0 Å². The lowest BCUT2D eigenvalue weighted by atomic mass is 10.1. The molecule has 3 aromatic rings. The Kier molecular flexibility index (Phi) is 4.27. The number of nitrogens with one attached hydrogen (secondary N) is 1. The second-order valence-electron chi connectivity index (χ2n) is 6.45. The van der Waals surface area contributed by atoms with Crippen molar-refractivity contribution in [1.82, 2.24) is 9.97 Å². The standard InChI is InChI=1S/C21H17N5O/c1-14-10-16-4-2-3-5-19(16)26(14)20-13-23-18(12-24-20)21(27)25-17-8-6-15(11-22)7-9-17/h2-9,12-14H,10H2,1H3,(H,25,27). The number of fused-ring (bicyclic) bond motifs is 1. The first-order valence-electron chi connectivity index (χ1n) is 8.66. The molecule has 0 fully saturated rings. The number of carbonyl (C=O) groups is 1. The highest BCUT2D eigenvalue weighted by Crippen LogP contribution is 2.36. The van der Waals surface area contributed by atoms with E-state index in [2.05, 4.69) is 39.2 Å². The van der Waals surface area contributed by atoms with Crippen LogP contribution in [0.25, 0.3) is 0 Å². The van der Waals surface area contributed by atoms with Gasteiger partial charge in [0.2, 0.25) is 0 Å². The van der Waals surface area contributed by atoms with Crippen LogP contribution in [0, 0.1) is 11.3 Å². The lowest BCUT2D eigenvalue weighted by Crippen LogP contribution is -2.25. The molecule has 1 unspecified atom stereocenters. The van der Waals surface area contributed by atoms with E-state index in [1.165, 1.54) is 11.8 Å². The van der Waals surface area contributed by atoms with Crippen molar-refractivity contribution >= 4 is 23.1 Å². The fourth-order valence-corrected chi connectivity index (χ4v) is 3.30. The van der Waals surface area contributed by atoms with Crippen LogP contribution in [-0.4, -0.2) is 21.9 Å².